The zero-order chi connectivity index (χ0) is 13.9. The lowest BCUT2D eigenvalue weighted by molar-refractivity contribution is -0.132. The summed E-state index contributed by atoms with van der Waals surface area (Å²) in [7, 11) is 0. The molecule has 1 aliphatic heterocycles. The predicted molar refractivity (Wildman–Crippen MR) is 74.9 cm³/mol. The van der Waals surface area contributed by atoms with Crippen molar-refractivity contribution >= 4 is 17.6 Å². The lowest BCUT2D eigenvalue weighted by Crippen LogP contribution is -1.91. The Morgan fingerprint density at radius 3 is 2.35 bits per heavy atom. The third-order valence-corrected chi connectivity index (χ3v) is 2.99. The van der Waals surface area contributed by atoms with E-state index in [1.807, 2.05) is 30.3 Å². The summed E-state index contributed by atoms with van der Waals surface area (Å²) in [6.45, 7) is 0. The number of hydrogen-bond acceptors (Lipinski definition) is 2. The van der Waals surface area contributed by atoms with E-state index in [2.05, 4.69) is 0 Å². The number of cyclic esters (lactones) is 1. The highest BCUT2D eigenvalue weighted by atomic mass is 19.1. The molecule has 0 saturated carbocycles. The molecule has 98 valence electrons. The quantitative estimate of drug-likeness (QED) is 0.773. The van der Waals surface area contributed by atoms with Gasteiger partial charge in [0.05, 0.1) is 0 Å². The summed E-state index contributed by atoms with van der Waals surface area (Å²) in [5.74, 6) is -0.209. The monoisotopic (exact) mass is 266 g/mol. The van der Waals surface area contributed by atoms with Crippen molar-refractivity contribution in [3.05, 3.63) is 83.4 Å². The number of ether oxygens (including phenoxy) is 1. The molecule has 0 aromatic heterocycles. The SMILES string of the molecule is O=C1C=C(c2ccccc2)C(=Cc2ccc(F)cc2)O1. The highest BCUT2D eigenvalue weighted by Gasteiger charge is 2.21. The first-order valence-electron chi connectivity index (χ1n) is 6.19. The second kappa shape index (κ2) is 5.13. The van der Waals surface area contributed by atoms with Gasteiger partial charge in [-0.1, -0.05) is 42.5 Å². The molecule has 1 heterocycles. The van der Waals surface area contributed by atoms with Crippen molar-refractivity contribution in [2.75, 3.05) is 0 Å². The first kappa shape index (κ1) is 12.4. The summed E-state index contributed by atoms with van der Waals surface area (Å²) in [6.07, 6.45) is 3.19. The van der Waals surface area contributed by atoms with Gasteiger partial charge in [-0.15, -0.1) is 0 Å². The Morgan fingerprint density at radius 1 is 0.950 bits per heavy atom. The number of esters is 1. The molecule has 3 heteroatoms. The molecular weight excluding hydrogens is 255 g/mol. The molecule has 0 bridgehead atoms. The fraction of sp³-hybridized carbons (Fsp3) is 0. The van der Waals surface area contributed by atoms with Crippen molar-refractivity contribution in [3.63, 3.8) is 0 Å². The van der Waals surface area contributed by atoms with E-state index in [1.165, 1.54) is 18.2 Å². The van der Waals surface area contributed by atoms with E-state index in [-0.39, 0.29) is 5.82 Å². The Kier molecular flexibility index (Phi) is 3.17. The molecule has 0 saturated heterocycles. The Labute approximate surface area is 115 Å². The molecule has 0 fully saturated rings. The van der Waals surface area contributed by atoms with E-state index in [0.29, 0.717) is 5.76 Å². The van der Waals surface area contributed by atoms with Gasteiger partial charge in [0.2, 0.25) is 0 Å². The molecule has 2 nitrogen and oxygen atoms in total. The lowest BCUT2D eigenvalue weighted by atomic mass is 10.0. The van der Waals surface area contributed by atoms with Crippen molar-refractivity contribution in [1.82, 2.24) is 0 Å². The molecule has 0 unspecified atom stereocenters. The average Bonchev–Trinajstić information content (AvgIpc) is 2.83. The standard InChI is InChI=1S/C17H11FO2/c18-14-8-6-12(7-9-14)10-16-15(11-17(19)20-16)13-4-2-1-3-5-13/h1-11H. The number of carbonyl (C=O) groups excluding carboxylic acids is 1. The number of halogens is 1. The van der Waals surface area contributed by atoms with E-state index in [4.69, 9.17) is 4.74 Å². The van der Waals surface area contributed by atoms with Crippen LogP contribution in [0.15, 0.2) is 66.4 Å². The van der Waals surface area contributed by atoms with Crippen molar-refractivity contribution in [1.29, 1.82) is 0 Å². The van der Waals surface area contributed by atoms with Crippen LogP contribution in [0.3, 0.4) is 0 Å². The molecule has 0 atom stereocenters. The van der Waals surface area contributed by atoms with Crippen LogP contribution in [0.25, 0.3) is 11.6 Å². The summed E-state index contributed by atoms with van der Waals surface area (Å²) in [5, 5.41) is 0. The molecule has 2 aromatic rings. The summed E-state index contributed by atoms with van der Waals surface area (Å²) >= 11 is 0. The van der Waals surface area contributed by atoms with Gasteiger partial charge in [-0.2, -0.15) is 0 Å². The van der Waals surface area contributed by atoms with Gasteiger partial charge in [-0.05, 0) is 29.3 Å². The number of benzene rings is 2. The third-order valence-electron chi connectivity index (χ3n) is 2.99. The van der Waals surface area contributed by atoms with Crippen LogP contribution in [-0.2, 0) is 9.53 Å². The highest BCUT2D eigenvalue weighted by Crippen LogP contribution is 2.30. The first-order valence-corrected chi connectivity index (χ1v) is 6.19. The van der Waals surface area contributed by atoms with Gasteiger partial charge >= 0.3 is 5.97 Å². The van der Waals surface area contributed by atoms with Gasteiger partial charge < -0.3 is 4.74 Å². The summed E-state index contributed by atoms with van der Waals surface area (Å²) in [4.78, 5) is 11.5. The van der Waals surface area contributed by atoms with Crippen molar-refractivity contribution in [3.8, 4) is 0 Å². The number of carbonyl (C=O) groups is 1. The maximum absolute atomic E-state index is 12.9. The number of allylic oxidation sites excluding steroid dienone is 1. The van der Waals surface area contributed by atoms with Crippen molar-refractivity contribution < 1.29 is 13.9 Å². The first-order chi connectivity index (χ1) is 9.72. The van der Waals surface area contributed by atoms with E-state index in [9.17, 15) is 9.18 Å². The van der Waals surface area contributed by atoms with Gasteiger partial charge in [0.15, 0.2) is 0 Å². The fourth-order valence-corrected chi connectivity index (χ4v) is 2.04. The Balaban J connectivity index is 1.99. The Bertz CT molecular complexity index is 698. The topological polar surface area (TPSA) is 26.3 Å². The molecule has 0 aliphatic carbocycles. The molecule has 0 radical (unpaired) electrons. The second-order valence-electron chi connectivity index (χ2n) is 4.41. The normalized spacial score (nSPS) is 16.1. The van der Waals surface area contributed by atoms with Crippen LogP contribution in [0.2, 0.25) is 0 Å². The fourth-order valence-electron chi connectivity index (χ4n) is 2.04. The predicted octanol–water partition coefficient (Wildman–Crippen LogP) is 3.81. The van der Waals surface area contributed by atoms with E-state index >= 15 is 0 Å². The number of rotatable bonds is 2. The van der Waals surface area contributed by atoms with Gasteiger partial charge in [-0.25, -0.2) is 9.18 Å². The molecule has 0 N–H and O–H groups in total. The smallest absolute Gasteiger partial charge is 0.336 e. The second-order valence-corrected chi connectivity index (χ2v) is 4.41. The van der Waals surface area contributed by atoms with Gasteiger partial charge in [0.25, 0.3) is 0 Å². The highest BCUT2D eigenvalue weighted by molar-refractivity contribution is 6.03. The van der Waals surface area contributed by atoms with E-state index < -0.39 is 5.97 Å². The van der Waals surface area contributed by atoms with Gasteiger partial charge in [-0.3, -0.25) is 0 Å². The Hall–Kier alpha value is -2.68. The van der Waals surface area contributed by atoms with Crippen molar-refractivity contribution in [2.45, 2.75) is 0 Å². The summed E-state index contributed by atoms with van der Waals surface area (Å²) in [6, 6.07) is 15.5. The minimum atomic E-state index is -0.391. The minimum absolute atomic E-state index is 0.297. The molecule has 1 aliphatic rings. The third kappa shape index (κ3) is 2.52. The lowest BCUT2D eigenvalue weighted by Gasteiger charge is -2.04. The average molecular weight is 266 g/mol. The largest absolute Gasteiger partial charge is 0.423 e. The van der Waals surface area contributed by atoms with Gasteiger partial charge in [0.1, 0.15) is 11.6 Å². The van der Waals surface area contributed by atoms with Crippen LogP contribution < -0.4 is 0 Å². The summed E-state index contributed by atoms with van der Waals surface area (Å²) < 4.78 is 18.1. The van der Waals surface area contributed by atoms with Crippen LogP contribution in [0.4, 0.5) is 4.39 Å². The van der Waals surface area contributed by atoms with E-state index in [0.717, 1.165) is 16.7 Å². The zero-order valence-electron chi connectivity index (χ0n) is 10.5. The molecular formula is C17H11FO2. The van der Waals surface area contributed by atoms with Crippen LogP contribution in [0.1, 0.15) is 11.1 Å². The van der Waals surface area contributed by atoms with Crippen LogP contribution in [0, 0.1) is 5.82 Å². The Morgan fingerprint density at radius 2 is 1.65 bits per heavy atom. The minimum Gasteiger partial charge on any atom is -0.423 e. The molecule has 0 amide bonds. The van der Waals surface area contributed by atoms with Crippen LogP contribution >= 0.6 is 0 Å². The van der Waals surface area contributed by atoms with Crippen LogP contribution in [-0.4, -0.2) is 5.97 Å². The molecule has 2 aromatic carbocycles. The van der Waals surface area contributed by atoms with E-state index in [1.54, 1.807) is 18.2 Å². The summed E-state index contributed by atoms with van der Waals surface area (Å²) in [5.41, 5.74) is 2.42. The maximum atomic E-state index is 12.9. The molecule has 3 rings (SSSR count). The zero-order valence-corrected chi connectivity index (χ0v) is 10.5. The number of hydrogen-bond donors (Lipinski definition) is 0. The van der Waals surface area contributed by atoms with Gasteiger partial charge in [0, 0.05) is 11.6 Å². The molecule has 20 heavy (non-hydrogen) atoms. The molecule has 0 spiro atoms. The van der Waals surface area contributed by atoms with Crippen molar-refractivity contribution in [2.24, 2.45) is 0 Å². The van der Waals surface area contributed by atoms with Crippen LogP contribution in [0.5, 0.6) is 0 Å². The maximum Gasteiger partial charge on any atom is 0.336 e.